The molecule has 0 aromatic carbocycles. The van der Waals surface area contributed by atoms with Crippen LogP contribution in [0.5, 0.6) is 0 Å². The monoisotopic (exact) mass is 660 g/mol. The fraction of sp³-hybridized carbons (Fsp3) is 1.00. The van der Waals surface area contributed by atoms with Gasteiger partial charge in [-0.05, 0) is 23.6 Å². The normalized spacial score (nSPS) is 10.6. The van der Waals surface area contributed by atoms with Crippen molar-refractivity contribution in [3.8, 4) is 0 Å². The Bertz CT molecular complexity index is 401. The quantitative estimate of drug-likeness (QED) is 0.0434. The summed E-state index contributed by atoms with van der Waals surface area (Å²) in [5, 5.41) is 0. The Kier molecular flexibility index (Phi) is 52.1. The van der Waals surface area contributed by atoms with Crippen molar-refractivity contribution in [2.45, 2.75) is 169 Å². The van der Waals surface area contributed by atoms with Gasteiger partial charge in [0.1, 0.15) is 0 Å². The van der Waals surface area contributed by atoms with E-state index in [9.17, 15) is 0 Å². The fourth-order valence-electron chi connectivity index (χ4n) is 3.47. The van der Waals surface area contributed by atoms with Crippen molar-refractivity contribution in [1.82, 2.24) is 0 Å². The second-order valence-electron chi connectivity index (χ2n) is 9.39. The molecule has 6 N–H and O–H groups in total. The van der Waals surface area contributed by atoms with Crippen LogP contribution in [0.25, 0.3) is 0 Å². The zero-order valence-electron chi connectivity index (χ0n) is 24.7. The molecule has 0 amide bonds. The molecule has 0 heterocycles. The molecule has 0 saturated heterocycles. The van der Waals surface area contributed by atoms with E-state index in [-0.39, 0.29) is 19.5 Å². The molecule has 0 atom stereocenters. The van der Waals surface area contributed by atoms with Gasteiger partial charge in [0, 0.05) is 19.5 Å². The minimum absolute atomic E-state index is 0. The molecule has 6 nitrogen and oxygen atoms in total. The molecule has 0 aliphatic heterocycles. The van der Waals surface area contributed by atoms with E-state index >= 15 is 0 Å². The molecule has 0 bridgehead atoms. The zero-order valence-corrected chi connectivity index (χ0v) is 31.0. The van der Waals surface area contributed by atoms with E-state index in [1.807, 2.05) is 0 Å². The summed E-state index contributed by atoms with van der Waals surface area (Å²) in [6.07, 6.45) is 31.9. The first kappa shape index (κ1) is 48.4. The predicted molar refractivity (Wildman–Crippen MR) is 166 cm³/mol. The smallest absolute Gasteiger partial charge is 0.319 e. The number of hydrogen-bond donors (Lipinski definition) is 6. The summed E-state index contributed by atoms with van der Waals surface area (Å²) in [5.41, 5.74) is 0. The maximum Gasteiger partial charge on any atom is 0.319 e. The molecule has 0 rings (SSSR count). The van der Waals surface area contributed by atoms with Crippen LogP contribution in [-0.2, 0) is 43.1 Å². The Balaban J connectivity index is -0.000000133. The second-order valence-corrected chi connectivity index (χ2v) is 14.4. The molecule has 11 heteroatoms. The van der Waals surface area contributed by atoms with Crippen LogP contribution in [0, 0.1) is 0 Å². The van der Waals surface area contributed by atoms with Gasteiger partial charge >= 0.3 is 13.4 Å². The van der Waals surface area contributed by atoms with Gasteiger partial charge in [-0.2, -0.15) is 0 Å². The average molecular weight is 662 g/mol. The molecular weight excluding hydrogens is 600 g/mol. The minimum atomic E-state index is -3.81. The maximum absolute atomic E-state index is 7.56. The summed E-state index contributed by atoms with van der Waals surface area (Å²) in [5.74, 6) is 0. The van der Waals surface area contributed by atoms with E-state index in [1.54, 1.807) is 0 Å². The van der Waals surface area contributed by atoms with Crippen molar-refractivity contribution in [1.29, 1.82) is 0 Å². The van der Waals surface area contributed by atoms with Crippen LogP contribution < -0.4 is 0 Å². The Morgan fingerprint density at radius 1 is 0.324 bits per heavy atom. The van der Waals surface area contributed by atoms with E-state index < -0.39 is 13.4 Å². The molecule has 0 unspecified atom stereocenters. The van der Waals surface area contributed by atoms with Crippen molar-refractivity contribution in [2.24, 2.45) is 0 Å². The van der Waals surface area contributed by atoms with Gasteiger partial charge in [-0.1, -0.05) is 169 Å². The maximum atomic E-state index is 7.56. The Hall–Kier alpha value is 1.68. The SMILES string of the molecule is CCCCCCCCCCCCC.CCCCCCCCCCCCC.OP(O)(O)=S.OP(O)(O)=S.[Zn]. The summed E-state index contributed by atoms with van der Waals surface area (Å²) in [7, 11) is 0. The van der Waals surface area contributed by atoms with Crippen molar-refractivity contribution < 1.29 is 48.8 Å². The van der Waals surface area contributed by atoms with Crippen LogP contribution in [0.15, 0.2) is 0 Å². The number of hydrogen-bond acceptors (Lipinski definition) is 2. The van der Waals surface area contributed by atoms with E-state index in [4.69, 9.17) is 29.4 Å². The Morgan fingerprint density at radius 3 is 0.486 bits per heavy atom. The van der Waals surface area contributed by atoms with E-state index in [1.165, 1.54) is 141 Å². The molecule has 226 valence electrons. The first-order chi connectivity index (χ1) is 16.8. The molecule has 0 radical (unpaired) electrons. The summed E-state index contributed by atoms with van der Waals surface area (Å²) in [6, 6.07) is 0. The molecule has 0 aromatic rings. The van der Waals surface area contributed by atoms with Crippen LogP contribution in [0.4, 0.5) is 0 Å². The van der Waals surface area contributed by atoms with Crippen LogP contribution >= 0.6 is 13.4 Å². The first-order valence-electron chi connectivity index (χ1n) is 14.4. The van der Waals surface area contributed by atoms with E-state index in [0.29, 0.717) is 0 Å². The van der Waals surface area contributed by atoms with Crippen molar-refractivity contribution in [3.05, 3.63) is 0 Å². The van der Waals surface area contributed by atoms with Gasteiger partial charge < -0.3 is 29.4 Å². The number of rotatable bonds is 20. The van der Waals surface area contributed by atoms with Gasteiger partial charge in [0.25, 0.3) is 0 Å². The third kappa shape index (κ3) is 102. The molecule has 0 aliphatic rings. The molecular formula is C26H62O6P2S2Zn. The van der Waals surface area contributed by atoms with Gasteiger partial charge in [-0.25, -0.2) is 0 Å². The van der Waals surface area contributed by atoms with Gasteiger partial charge in [-0.3, -0.25) is 0 Å². The van der Waals surface area contributed by atoms with Gasteiger partial charge in [0.05, 0.1) is 0 Å². The molecule has 0 aliphatic carbocycles. The second kappa shape index (κ2) is 39.8. The van der Waals surface area contributed by atoms with Gasteiger partial charge in [0.15, 0.2) is 0 Å². The standard InChI is InChI=1S/2C13H28.2H3O3PS.Zn/c2*1-3-5-7-9-11-13-12-10-8-6-4-2;2*1-4(2,3)5;/h2*3-13H2,1-2H3;2*(H3,1,2,3,5);. The first-order valence-corrected chi connectivity index (χ1v) is 19.7. The molecule has 0 fully saturated rings. The molecule has 0 saturated carbocycles. The Morgan fingerprint density at radius 2 is 0.405 bits per heavy atom. The van der Waals surface area contributed by atoms with Gasteiger partial charge in [0.2, 0.25) is 0 Å². The topological polar surface area (TPSA) is 121 Å². The third-order valence-corrected chi connectivity index (χ3v) is 5.41. The van der Waals surface area contributed by atoms with Crippen LogP contribution in [-0.4, -0.2) is 29.4 Å². The zero-order chi connectivity index (χ0) is 28.6. The Labute approximate surface area is 253 Å². The predicted octanol–water partition coefficient (Wildman–Crippen LogP) is 9.01. The van der Waals surface area contributed by atoms with Crippen molar-refractivity contribution >= 4 is 37.1 Å². The molecule has 0 spiro atoms. The summed E-state index contributed by atoms with van der Waals surface area (Å²) >= 11 is 7.21. The summed E-state index contributed by atoms with van der Waals surface area (Å²) in [6.45, 7) is 1.52. The van der Waals surface area contributed by atoms with Crippen molar-refractivity contribution in [3.63, 3.8) is 0 Å². The van der Waals surface area contributed by atoms with Crippen LogP contribution in [0.2, 0.25) is 0 Å². The molecule has 37 heavy (non-hydrogen) atoms. The average Bonchev–Trinajstić information content (AvgIpc) is 2.75. The summed E-state index contributed by atoms with van der Waals surface area (Å²) in [4.78, 5) is 45.3. The summed E-state index contributed by atoms with van der Waals surface area (Å²) < 4.78 is 0. The van der Waals surface area contributed by atoms with Gasteiger partial charge in [-0.15, -0.1) is 0 Å². The fourth-order valence-corrected chi connectivity index (χ4v) is 3.47. The third-order valence-electron chi connectivity index (χ3n) is 5.41. The minimum Gasteiger partial charge on any atom is -0.325 e. The van der Waals surface area contributed by atoms with Crippen LogP contribution in [0.3, 0.4) is 0 Å². The largest absolute Gasteiger partial charge is 0.325 e. The molecule has 0 aromatic heterocycles. The van der Waals surface area contributed by atoms with E-state index in [2.05, 4.69) is 51.3 Å². The van der Waals surface area contributed by atoms with E-state index in [0.717, 1.165) is 0 Å². The number of unbranched alkanes of at least 4 members (excludes halogenated alkanes) is 20. The van der Waals surface area contributed by atoms with Crippen molar-refractivity contribution in [2.75, 3.05) is 0 Å². The van der Waals surface area contributed by atoms with Crippen LogP contribution in [0.1, 0.15) is 169 Å².